The molecule has 2 aliphatic carbocycles. The van der Waals surface area contributed by atoms with Crippen LogP contribution < -0.4 is 24.6 Å². The van der Waals surface area contributed by atoms with E-state index in [1.165, 1.54) is 28.0 Å². The molecule has 0 radical (unpaired) electrons. The smallest absolute Gasteiger partial charge is 0.357 e. The zero-order chi connectivity index (χ0) is 32.0. The fourth-order valence-corrected chi connectivity index (χ4v) is 4.94. The maximum Gasteiger partial charge on any atom is 0.357 e. The molecule has 2 aromatic heterocycles. The van der Waals surface area contributed by atoms with Crippen LogP contribution in [0.1, 0.15) is 60.5 Å². The standard InChI is InChI=1S/C31H37F4N5O5/c1-29(2,18-45-28(42)22-8-10-24(40-16-31(34,35)17-40)27(38-22)44-13-20-5-6-20)36-11-25(41)21-7-9-23(39-14-30(32,33)15-39)26(37-21)43-12-19-3-4-19/h7-10,19-20,36H,3-6,11-18H2,1-2H3. The van der Waals surface area contributed by atoms with E-state index in [0.29, 0.717) is 36.4 Å². The van der Waals surface area contributed by atoms with Crippen LogP contribution in [-0.2, 0) is 4.74 Å². The summed E-state index contributed by atoms with van der Waals surface area (Å²) in [6.07, 6.45) is 4.13. The molecule has 6 rings (SSSR count). The van der Waals surface area contributed by atoms with Gasteiger partial charge in [-0.1, -0.05) is 0 Å². The van der Waals surface area contributed by atoms with Crippen LogP contribution in [0.2, 0.25) is 0 Å². The minimum Gasteiger partial charge on any atom is -0.476 e. The molecule has 45 heavy (non-hydrogen) atoms. The second kappa shape index (κ2) is 11.9. The zero-order valence-electron chi connectivity index (χ0n) is 25.3. The molecule has 0 amide bonds. The SMILES string of the molecule is CC(C)(COC(=O)c1ccc(N2CC(F)(F)C2)c(OCC2CC2)n1)NCC(=O)c1ccc(N2CC(F)(F)C2)c(OCC2CC2)n1. The molecule has 0 atom stereocenters. The van der Waals surface area contributed by atoms with E-state index in [1.807, 2.05) is 0 Å². The number of ether oxygens (including phenoxy) is 3. The Kier molecular flexibility index (Phi) is 8.29. The van der Waals surface area contributed by atoms with E-state index < -0.39 is 49.5 Å². The second-order valence-corrected chi connectivity index (χ2v) is 13.2. The van der Waals surface area contributed by atoms with Crippen LogP contribution in [0.3, 0.4) is 0 Å². The Hall–Kier alpha value is -3.68. The van der Waals surface area contributed by atoms with Crippen molar-refractivity contribution in [1.82, 2.24) is 15.3 Å². The molecule has 2 aliphatic heterocycles. The zero-order valence-corrected chi connectivity index (χ0v) is 25.3. The average molecular weight is 636 g/mol. The van der Waals surface area contributed by atoms with Crippen LogP contribution in [0.25, 0.3) is 0 Å². The van der Waals surface area contributed by atoms with Gasteiger partial charge in [-0.3, -0.25) is 4.79 Å². The summed E-state index contributed by atoms with van der Waals surface area (Å²) in [5.41, 5.74) is 0.119. The molecule has 4 heterocycles. The van der Waals surface area contributed by atoms with Gasteiger partial charge in [0, 0.05) is 5.54 Å². The van der Waals surface area contributed by atoms with Crippen molar-refractivity contribution in [2.45, 2.75) is 56.9 Å². The highest BCUT2D eigenvalue weighted by molar-refractivity contribution is 5.96. The minimum absolute atomic E-state index is 0.0216. The number of esters is 1. The first-order valence-electron chi connectivity index (χ1n) is 15.2. The fourth-order valence-electron chi connectivity index (χ4n) is 4.94. The number of nitrogens with one attached hydrogen (secondary N) is 1. The maximum absolute atomic E-state index is 13.5. The Morgan fingerprint density at radius 2 is 1.29 bits per heavy atom. The molecule has 4 aliphatic rings. The van der Waals surface area contributed by atoms with Crippen molar-refractivity contribution in [2.75, 3.05) is 62.3 Å². The van der Waals surface area contributed by atoms with Gasteiger partial charge in [0.1, 0.15) is 23.7 Å². The number of alkyl halides is 4. The van der Waals surface area contributed by atoms with E-state index in [1.54, 1.807) is 19.9 Å². The van der Waals surface area contributed by atoms with Crippen molar-refractivity contribution in [3.05, 3.63) is 35.7 Å². The normalized spacial score (nSPS) is 20.2. The molecule has 1 N–H and O–H groups in total. The van der Waals surface area contributed by atoms with Gasteiger partial charge in [-0.15, -0.1) is 0 Å². The van der Waals surface area contributed by atoms with E-state index >= 15 is 0 Å². The molecule has 4 fully saturated rings. The molecule has 0 aromatic carbocycles. The number of carbonyl (C=O) groups is 2. The number of nitrogens with zero attached hydrogens (tertiary/aromatic N) is 4. The van der Waals surface area contributed by atoms with Crippen molar-refractivity contribution in [3.8, 4) is 11.8 Å². The number of rotatable bonds is 15. The third-order valence-corrected chi connectivity index (χ3v) is 8.14. The maximum atomic E-state index is 13.5. The molecule has 2 aromatic rings. The molecular weight excluding hydrogens is 598 g/mol. The van der Waals surface area contributed by atoms with Crippen molar-refractivity contribution in [3.63, 3.8) is 0 Å². The molecule has 14 heteroatoms. The number of aromatic nitrogens is 2. The summed E-state index contributed by atoms with van der Waals surface area (Å²) in [5, 5.41) is 3.07. The lowest BCUT2D eigenvalue weighted by molar-refractivity contribution is -0.0272. The van der Waals surface area contributed by atoms with Crippen LogP contribution in [0, 0.1) is 11.8 Å². The molecule has 10 nitrogen and oxygen atoms in total. The summed E-state index contributed by atoms with van der Waals surface area (Å²) >= 11 is 0. The number of anilines is 2. The van der Waals surface area contributed by atoms with E-state index in [2.05, 4.69) is 15.3 Å². The fraction of sp³-hybridized carbons (Fsp3) is 0.613. The van der Waals surface area contributed by atoms with Gasteiger partial charge in [-0.25, -0.2) is 32.3 Å². The van der Waals surface area contributed by atoms with Crippen molar-refractivity contribution >= 4 is 23.1 Å². The molecule has 2 saturated heterocycles. The lowest BCUT2D eigenvalue weighted by Gasteiger charge is -2.40. The summed E-state index contributed by atoms with van der Waals surface area (Å²) in [7, 11) is 0. The Morgan fingerprint density at radius 3 is 1.76 bits per heavy atom. The molecule has 0 bridgehead atoms. The first kappa shape index (κ1) is 31.3. The summed E-state index contributed by atoms with van der Waals surface area (Å²) in [6, 6.07) is 6.03. The predicted molar refractivity (Wildman–Crippen MR) is 156 cm³/mol. The quantitative estimate of drug-likeness (QED) is 0.172. The van der Waals surface area contributed by atoms with Gasteiger partial charge in [0.15, 0.2) is 11.5 Å². The Bertz CT molecular complexity index is 1330. The number of pyridine rings is 2. The van der Waals surface area contributed by atoms with E-state index in [0.717, 1.165) is 25.7 Å². The van der Waals surface area contributed by atoms with E-state index in [4.69, 9.17) is 14.2 Å². The summed E-state index contributed by atoms with van der Waals surface area (Å²) < 4.78 is 71.1. The third-order valence-electron chi connectivity index (χ3n) is 8.14. The van der Waals surface area contributed by atoms with Crippen molar-refractivity contribution < 1.29 is 41.4 Å². The lowest BCUT2D eigenvalue weighted by atomic mass is 10.1. The highest BCUT2D eigenvalue weighted by Gasteiger charge is 2.46. The Labute approximate surface area is 258 Å². The van der Waals surface area contributed by atoms with Gasteiger partial charge in [-0.05, 0) is 75.6 Å². The third kappa shape index (κ3) is 7.95. The molecular formula is C31H37F4N5O5. The largest absolute Gasteiger partial charge is 0.476 e. The van der Waals surface area contributed by atoms with E-state index in [-0.39, 0.29) is 42.1 Å². The first-order chi connectivity index (χ1) is 21.3. The Morgan fingerprint density at radius 1 is 0.822 bits per heavy atom. The monoisotopic (exact) mass is 635 g/mol. The number of carbonyl (C=O) groups excluding carboxylic acids is 2. The highest BCUT2D eigenvalue weighted by atomic mass is 19.3. The summed E-state index contributed by atoms with van der Waals surface area (Å²) in [6.45, 7) is 2.34. The lowest BCUT2D eigenvalue weighted by Crippen LogP contribution is -2.56. The molecule has 2 saturated carbocycles. The molecule has 244 valence electrons. The summed E-state index contributed by atoms with van der Waals surface area (Å²) in [5.74, 6) is -5.52. The number of hydrogen-bond donors (Lipinski definition) is 1. The van der Waals surface area contributed by atoms with Gasteiger partial charge < -0.3 is 29.3 Å². The number of Topliss-reactive ketones (excluding diaryl/α,β-unsaturated/α-hetero) is 1. The van der Waals surface area contributed by atoms with Crippen LogP contribution >= 0.6 is 0 Å². The van der Waals surface area contributed by atoms with Crippen LogP contribution in [-0.4, -0.2) is 91.6 Å². The average Bonchev–Trinajstić information content (AvgIpc) is 3.89. The van der Waals surface area contributed by atoms with Crippen molar-refractivity contribution in [2.24, 2.45) is 11.8 Å². The molecule has 0 unspecified atom stereocenters. The number of halogens is 4. The van der Waals surface area contributed by atoms with Crippen LogP contribution in [0.15, 0.2) is 24.3 Å². The van der Waals surface area contributed by atoms with Crippen LogP contribution in [0.5, 0.6) is 11.8 Å². The van der Waals surface area contributed by atoms with Gasteiger partial charge >= 0.3 is 5.97 Å². The Balaban J connectivity index is 1.04. The predicted octanol–water partition coefficient (Wildman–Crippen LogP) is 4.37. The van der Waals surface area contributed by atoms with Gasteiger partial charge in [0.25, 0.3) is 11.8 Å². The van der Waals surface area contributed by atoms with Crippen molar-refractivity contribution in [1.29, 1.82) is 0 Å². The van der Waals surface area contributed by atoms with Crippen LogP contribution in [0.4, 0.5) is 28.9 Å². The number of hydrogen-bond acceptors (Lipinski definition) is 10. The first-order valence-corrected chi connectivity index (χ1v) is 15.2. The summed E-state index contributed by atoms with van der Waals surface area (Å²) in [4.78, 5) is 37.5. The minimum atomic E-state index is -2.77. The number of ketones is 1. The van der Waals surface area contributed by atoms with Gasteiger partial charge in [-0.2, -0.15) is 0 Å². The molecule has 0 spiro atoms. The van der Waals surface area contributed by atoms with Gasteiger partial charge in [0.05, 0.1) is 45.9 Å². The van der Waals surface area contributed by atoms with Gasteiger partial charge in [0.2, 0.25) is 11.8 Å². The second-order valence-electron chi connectivity index (χ2n) is 13.2. The highest BCUT2D eigenvalue weighted by Crippen LogP contribution is 2.39. The topological polar surface area (TPSA) is 106 Å². The van der Waals surface area contributed by atoms with E-state index in [9.17, 15) is 27.2 Å².